The van der Waals surface area contributed by atoms with Crippen molar-refractivity contribution in [2.24, 2.45) is 11.8 Å². The van der Waals surface area contributed by atoms with Crippen molar-refractivity contribution < 1.29 is 19.1 Å². The summed E-state index contributed by atoms with van der Waals surface area (Å²) in [7, 11) is 2.13. The highest BCUT2D eigenvalue weighted by Gasteiger charge is 2.53. The number of ketones is 1. The van der Waals surface area contributed by atoms with Crippen molar-refractivity contribution in [1.29, 1.82) is 0 Å². The largest absolute Gasteiger partial charge is 0.366 e. The molecule has 1 aromatic heterocycles. The van der Waals surface area contributed by atoms with E-state index in [-0.39, 0.29) is 42.6 Å². The van der Waals surface area contributed by atoms with Crippen molar-refractivity contribution in [1.82, 2.24) is 20.1 Å². The predicted octanol–water partition coefficient (Wildman–Crippen LogP) is 2.28. The molecule has 3 saturated heterocycles. The Hall–Kier alpha value is -3.26. The summed E-state index contributed by atoms with van der Waals surface area (Å²) in [5.74, 6) is 1.73. The number of carbonyl (C=O) groups is 3. The fourth-order valence-corrected chi connectivity index (χ4v) is 7.33. The number of likely N-dealkylation sites (N-methyl/N-ethyl adjacent to an activating group) is 1. The smallest absolute Gasteiger partial charge is 0.251 e. The average Bonchev–Trinajstić information content (AvgIpc) is 3.78. The van der Waals surface area contributed by atoms with E-state index >= 15 is 0 Å². The predicted molar refractivity (Wildman–Crippen MR) is 153 cm³/mol. The minimum atomic E-state index is -0.704. The molecule has 4 aliphatic rings. The zero-order valence-corrected chi connectivity index (χ0v) is 23.6. The molecular weight excluding hydrogens is 526 g/mol. The van der Waals surface area contributed by atoms with E-state index in [1.165, 1.54) is 0 Å². The molecule has 1 saturated carbocycles. The Bertz CT molecular complexity index is 1310. The fraction of sp³-hybridized carbons (Fsp3) is 0.533. The molecule has 0 bridgehead atoms. The lowest BCUT2D eigenvalue weighted by Gasteiger charge is -2.32. The van der Waals surface area contributed by atoms with Gasteiger partial charge in [0.1, 0.15) is 24.8 Å². The summed E-state index contributed by atoms with van der Waals surface area (Å²) in [6.07, 6.45) is 8.99. The van der Waals surface area contributed by atoms with Gasteiger partial charge in [-0.25, -0.2) is 4.98 Å². The number of nitrogens with zero attached hydrogens (tertiary/aromatic N) is 4. The van der Waals surface area contributed by atoms with Crippen molar-refractivity contribution in [2.45, 2.75) is 43.9 Å². The topological polar surface area (TPSA) is 95.1 Å². The number of thiazole rings is 1. The van der Waals surface area contributed by atoms with Crippen molar-refractivity contribution in [2.75, 3.05) is 51.3 Å². The highest BCUT2D eigenvalue weighted by Crippen LogP contribution is 2.35. The van der Waals surface area contributed by atoms with Gasteiger partial charge in [0.2, 0.25) is 5.91 Å². The second kappa shape index (κ2) is 11.3. The zero-order chi connectivity index (χ0) is 27.8. The molecule has 2 amide bonds. The van der Waals surface area contributed by atoms with Gasteiger partial charge in [0.25, 0.3) is 5.91 Å². The average molecular weight is 562 g/mol. The lowest BCUT2D eigenvalue weighted by Crippen LogP contribution is -2.54. The van der Waals surface area contributed by atoms with Gasteiger partial charge in [-0.1, -0.05) is 30.9 Å². The quantitative estimate of drug-likeness (QED) is 0.541. The van der Waals surface area contributed by atoms with Crippen LogP contribution in [-0.2, 0) is 14.3 Å². The van der Waals surface area contributed by atoms with E-state index in [4.69, 9.17) is 16.1 Å². The zero-order valence-electron chi connectivity index (χ0n) is 22.8. The summed E-state index contributed by atoms with van der Waals surface area (Å²) in [5, 5.41) is 6.10. The van der Waals surface area contributed by atoms with Crippen molar-refractivity contribution in [3.8, 4) is 23.6 Å². The van der Waals surface area contributed by atoms with E-state index in [0.29, 0.717) is 5.56 Å². The van der Waals surface area contributed by atoms with E-state index in [2.05, 4.69) is 33.5 Å². The van der Waals surface area contributed by atoms with Gasteiger partial charge in [-0.3, -0.25) is 14.4 Å². The minimum Gasteiger partial charge on any atom is -0.366 e. The van der Waals surface area contributed by atoms with Crippen molar-refractivity contribution in [3.63, 3.8) is 0 Å². The van der Waals surface area contributed by atoms with Crippen LogP contribution in [0.15, 0.2) is 29.6 Å². The van der Waals surface area contributed by atoms with Gasteiger partial charge in [0.05, 0.1) is 11.6 Å². The number of likely N-dealkylation sites (tertiary alicyclic amines) is 1. The Balaban J connectivity index is 1.16. The molecule has 1 aromatic carbocycles. The number of terminal acetylenes is 1. The third-order valence-corrected chi connectivity index (χ3v) is 9.72. The molecule has 40 heavy (non-hydrogen) atoms. The number of ether oxygens (including phenoxy) is 1. The molecule has 4 heterocycles. The van der Waals surface area contributed by atoms with Gasteiger partial charge in [-0.15, -0.1) is 17.8 Å². The van der Waals surface area contributed by atoms with Gasteiger partial charge in [-0.2, -0.15) is 0 Å². The minimum absolute atomic E-state index is 0.0273. The van der Waals surface area contributed by atoms with Crippen LogP contribution in [0.25, 0.3) is 11.3 Å². The molecule has 10 heteroatoms. The van der Waals surface area contributed by atoms with Gasteiger partial charge in [0.15, 0.2) is 10.9 Å². The summed E-state index contributed by atoms with van der Waals surface area (Å²) >= 11 is 1.64. The summed E-state index contributed by atoms with van der Waals surface area (Å²) in [6, 6.07) is 6.00. The number of aromatic nitrogens is 1. The number of rotatable bonds is 6. The first-order chi connectivity index (χ1) is 19.4. The van der Waals surface area contributed by atoms with E-state index in [9.17, 15) is 14.4 Å². The number of anilines is 1. The summed E-state index contributed by atoms with van der Waals surface area (Å²) < 4.78 is 5.63. The highest BCUT2D eigenvalue weighted by atomic mass is 32.1. The number of hydrogen-bond donors (Lipinski definition) is 1. The van der Waals surface area contributed by atoms with Crippen LogP contribution in [0.1, 0.15) is 36.0 Å². The SMILES string of the molecule is C#C[C@@H]1CN(C(=O)[C@@H](NC(=O)c2ccc(-c3csc(N4CCN(C)CC4)n3)cc2)C2CCCC2)[C@@H]2C(=O)CO[C@H]12. The van der Waals surface area contributed by atoms with Gasteiger partial charge >= 0.3 is 0 Å². The first-order valence-electron chi connectivity index (χ1n) is 14.1. The van der Waals surface area contributed by atoms with Crippen molar-refractivity contribution >= 4 is 34.1 Å². The van der Waals surface area contributed by atoms with Crippen LogP contribution in [0.5, 0.6) is 0 Å². The summed E-state index contributed by atoms with van der Waals surface area (Å²) in [4.78, 5) is 50.9. The number of amides is 2. The van der Waals surface area contributed by atoms with Gasteiger partial charge in [0, 0.05) is 49.2 Å². The normalized spacial score (nSPS) is 26.1. The third kappa shape index (κ3) is 5.14. The maximum Gasteiger partial charge on any atom is 0.251 e. The second-order valence-electron chi connectivity index (χ2n) is 11.3. The van der Waals surface area contributed by atoms with Gasteiger partial charge < -0.3 is 24.8 Å². The number of nitrogens with one attached hydrogen (secondary N) is 1. The van der Waals surface area contributed by atoms with Crippen LogP contribution < -0.4 is 10.2 Å². The van der Waals surface area contributed by atoms with E-state index < -0.39 is 18.2 Å². The van der Waals surface area contributed by atoms with Crippen LogP contribution in [0, 0.1) is 24.2 Å². The number of benzene rings is 1. The number of fused-ring (bicyclic) bond motifs is 1. The number of hydrogen-bond acceptors (Lipinski definition) is 8. The Kier molecular flexibility index (Phi) is 7.62. The Morgan fingerprint density at radius 1 is 1.15 bits per heavy atom. The summed E-state index contributed by atoms with van der Waals surface area (Å²) in [6.45, 7) is 4.22. The molecule has 6 rings (SSSR count). The molecule has 3 aliphatic heterocycles. The first-order valence-corrected chi connectivity index (χ1v) is 15.0. The van der Waals surface area contributed by atoms with Crippen LogP contribution >= 0.6 is 11.3 Å². The Morgan fingerprint density at radius 3 is 2.58 bits per heavy atom. The summed E-state index contributed by atoms with van der Waals surface area (Å²) in [5.41, 5.74) is 2.31. The van der Waals surface area contributed by atoms with E-state index in [1.54, 1.807) is 28.4 Å². The molecule has 0 spiro atoms. The maximum atomic E-state index is 13.9. The molecule has 210 valence electrons. The Morgan fingerprint density at radius 2 is 1.88 bits per heavy atom. The first kappa shape index (κ1) is 26.9. The van der Waals surface area contributed by atoms with Gasteiger partial charge in [-0.05, 0) is 37.9 Å². The monoisotopic (exact) mass is 561 g/mol. The number of piperazine rings is 1. The molecule has 0 radical (unpaired) electrons. The fourth-order valence-electron chi connectivity index (χ4n) is 6.44. The lowest BCUT2D eigenvalue weighted by atomic mass is 9.95. The molecule has 4 fully saturated rings. The number of carbonyl (C=O) groups excluding carboxylic acids is 3. The highest BCUT2D eigenvalue weighted by molar-refractivity contribution is 7.14. The Labute approximate surface area is 238 Å². The number of Topliss-reactive ketones (excluding diaryl/α,β-unsaturated/α-hetero) is 1. The lowest BCUT2D eigenvalue weighted by molar-refractivity contribution is -0.139. The van der Waals surface area contributed by atoms with Crippen LogP contribution in [0.2, 0.25) is 0 Å². The maximum absolute atomic E-state index is 13.9. The molecule has 0 unspecified atom stereocenters. The second-order valence-corrected chi connectivity index (χ2v) is 12.2. The van der Waals surface area contributed by atoms with Crippen LogP contribution in [0.3, 0.4) is 0 Å². The molecule has 1 aliphatic carbocycles. The van der Waals surface area contributed by atoms with Crippen LogP contribution in [0.4, 0.5) is 5.13 Å². The standard InChI is InChI=1S/C30H35N5O4S/c1-3-19-16-35(26-24(36)17-39-27(19)26)29(38)25(21-6-4-5-7-21)32-28(37)22-10-8-20(9-11-22)23-18-40-30(31-23)34-14-12-33(2)13-15-34/h1,8-11,18-19,21,25-27H,4-7,12-17H2,2H3,(H,32,37)/t19-,25+,26-,27-/m1/s1. The molecule has 1 N–H and O–H groups in total. The molecular formula is C30H35N5O4S. The third-order valence-electron chi connectivity index (χ3n) is 8.81. The van der Waals surface area contributed by atoms with Crippen molar-refractivity contribution in [3.05, 3.63) is 35.2 Å². The molecule has 2 aromatic rings. The molecule has 9 nitrogen and oxygen atoms in total. The van der Waals surface area contributed by atoms with E-state index in [1.807, 2.05) is 12.1 Å². The molecule has 4 atom stereocenters. The van der Waals surface area contributed by atoms with E-state index in [0.717, 1.165) is 68.3 Å². The van der Waals surface area contributed by atoms with Crippen LogP contribution in [-0.4, -0.2) is 96.9 Å².